The number of carboxylic acids is 1. The summed E-state index contributed by atoms with van der Waals surface area (Å²) in [5.41, 5.74) is 8.77. The van der Waals surface area contributed by atoms with Crippen molar-refractivity contribution in [3.63, 3.8) is 0 Å². The number of para-hydroxylation sites is 1. The number of amides is 3. The van der Waals surface area contributed by atoms with Crippen LogP contribution in [0.25, 0.3) is 10.9 Å². The first kappa shape index (κ1) is 31.1. The van der Waals surface area contributed by atoms with Gasteiger partial charge >= 0.3 is 5.97 Å². The van der Waals surface area contributed by atoms with E-state index in [1.165, 1.54) is 11.8 Å². The number of carboxylic acid groups (broad SMARTS) is 1. The number of fused-ring (bicyclic) bond motifs is 1. The Kier molecular flexibility index (Phi) is 11.9. The minimum atomic E-state index is -1.20. The fraction of sp³-hybridized carbons (Fsp3) is 0.357. The zero-order valence-corrected chi connectivity index (χ0v) is 23.8. The molecule has 7 N–H and O–H groups in total. The third-order valence-corrected chi connectivity index (χ3v) is 7.42. The molecule has 40 heavy (non-hydrogen) atoms. The van der Waals surface area contributed by atoms with E-state index in [2.05, 4.69) is 33.6 Å². The molecule has 0 saturated heterocycles. The minimum Gasteiger partial charge on any atom is -0.480 e. The van der Waals surface area contributed by atoms with Gasteiger partial charge in [-0.15, -0.1) is 0 Å². The van der Waals surface area contributed by atoms with E-state index in [0.717, 1.165) is 22.0 Å². The molecule has 0 saturated carbocycles. The van der Waals surface area contributed by atoms with E-state index < -0.39 is 47.9 Å². The molecule has 0 fully saturated rings. The Balaban J connectivity index is 1.62. The average molecular weight is 586 g/mol. The van der Waals surface area contributed by atoms with E-state index in [9.17, 15) is 24.3 Å². The number of hydrogen-bond donors (Lipinski definition) is 7. The number of nitrogens with one attached hydrogen (secondary N) is 4. The quantitative estimate of drug-likeness (QED) is 0.133. The van der Waals surface area contributed by atoms with Crippen molar-refractivity contribution in [2.24, 2.45) is 5.73 Å². The number of H-pyrrole nitrogens is 1. The van der Waals surface area contributed by atoms with E-state index >= 15 is 0 Å². The smallest absolute Gasteiger partial charge is 0.326 e. The zero-order chi connectivity index (χ0) is 29.1. The monoisotopic (exact) mass is 585 g/mol. The van der Waals surface area contributed by atoms with Crippen molar-refractivity contribution < 1.29 is 24.3 Å². The van der Waals surface area contributed by atoms with Crippen LogP contribution in [0.15, 0.2) is 60.8 Å². The number of nitrogens with two attached hydrogens (primary N) is 1. The Morgan fingerprint density at radius 2 is 1.52 bits per heavy atom. The number of aliphatic carboxylic acids is 1. The van der Waals surface area contributed by atoms with Crippen LogP contribution in [0.1, 0.15) is 17.5 Å². The lowest BCUT2D eigenvalue weighted by atomic mass is 10.0. The van der Waals surface area contributed by atoms with E-state index in [0.29, 0.717) is 12.2 Å². The first-order chi connectivity index (χ1) is 19.2. The van der Waals surface area contributed by atoms with Gasteiger partial charge in [0.2, 0.25) is 17.7 Å². The molecule has 214 valence electrons. The van der Waals surface area contributed by atoms with Crippen molar-refractivity contribution in [3.05, 3.63) is 71.9 Å². The molecule has 10 nitrogen and oxygen atoms in total. The molecule has 3 aromatic rings. The van der Waals surface area contributed by atoms with Crippen LogP contribution in [0.5, 0.6) is 0 Å². The molecule has 3 rings (SSSR count). The summed E-state index contributed by atoms with van der Waals surface area (Å²) >= 11 is 5.69. The van der Waals surface area contributed by atoms with Crippen LogP contribution < -0.4 is 21.7 Å². The van der Waals surface area contributed by atoms with Crippen LogP contribution in [0.3, 0.4) is 0 Å². The fourth-order valence-electron chi connectivity index (χ4n) is 4.20. The third kappa shape index (κ3) is 8.77. The maximum absolute atomic E-state index is 13.2. The van der Waals surface area contributed by atoms with Crippen molar-refractivity contribution in [2.45, 2.75) is 43.4 Å². The third-order valence-electron chi connectivity index (χ3n) is 6.41. The lowest BCUT2D eigenvalue weighted by Gasteiger charge is -2.24. The summed E-state index contributed by atoms with van der Waals surface area (Å²) in [7, 11) is 0. The number of thioether (sulfide) groups is 1. The van der Waals surface area contributed by atoms with Gasteiger partial charge in [0.05, 0.1) is 6.04 Å². The molecule has 0 spiro atoms. The largest absolute Gasteiger partial charge is 0.480 e. The van der Waals surface area contributed by atoms with Crippen molar-refractivity contribution in [1.29, 1.82) is 0 Å². The van der Waals surface area contributed by atoms with Gasteiger partial charge in [-0.1, -0.05) is 48.5 Å². The number of aromatic nitrogens is 1. The molecular weight excluding hydrogens is 550 g/mol. The number of carbonyl (C=O) groups is 4. The Morgan fingerprint density at radius 1 is 0.900 bits per heavy atom. The molecule has 2 aromatic carbocycles. The number of benzene rings is 2. The summed E-state index contributed by atoms with van der Waals surface area (Å²) < 4.78 is 0. The summed E-state index contributed by atoms with van der Waals surface area (Å²) in [6.45, 7) is 0. The maximum Gasteiger partial charge on any atom is 0.326 e. The van der Waals surface area contributed by atoms with Gasteiger partial charge in [0.15, 0.2) is 0 Å². The summed E-state index contributed by atoms with van der Waals surface area (Å²) in [4.78, 5) is 54.0. The van der Waals surface area contributed by atoms with Crippen LogP contribution in [-0.2, 0) is 32.0 Å². The van der Waals surface area contributed by atoms with Gasteiger partial charge in [0.25, 0.3) is 0 Å². The van der Waals surface area contributed by atoms with Crippen molar-refractivity contribution in [1.82, 2.24) is 20.9 Å². The van der Waals surface area contributed by atoms with Gasteiger partial charge < -0.3 is 31.8 Å². The molecule has 0 aliphatic heterocycles. The molecule has 4 unspecified atom stereocenters. The van der Waals surface area contributed by atoms with Crippen LogP contribution in [0.4, 0.5) is 0 Å². The SMILES string of the molecule is CSCCC(NC(=O)C(N)Cc1c[nH]c2ccccc12)C(=O)NC(CS)C(=O)NC(Cc1ccccc1)C(=O)O. The van der Waals surface area contributed by atoms with Crippen LogP contribution >= 0.6 is 24.4 Å². The van der Waals surface area contributed by atoms with Gasteiger partial charge in [0.1, 0.15) is 18.1 Å². The molecule has 0 bridgehead atoms. The Morgan fingerprint density at radius 3 is 2.20 bits per heavy atom. The number of carbonyl (C=O) groups excluding carboxylic acids is 3. The topological polar surface area (TPSA) is 166 Å². The molecule has 0 aliphatic carbocycles. The second-order valence-electron chi connectivity index (χ2n) is 9.35. The van der Waals surface area contributed by atoms with Crippen molar-refractivity contribution in [2.75, 3.05) is 17.8 Å². The van der Waals surface area contributed by atoms with Crippen LogP contribution in [-0.4, -0.2) is 75.7 Å². The molecule has 0 aliphatic rings. The molecule has 12 heteroatoms. The summed E-state index contributed by atoms with van der Waals surface area (Å²) in [6, 6.07) is 12.5. The minimum absolute atomic E-state index is 0.0709. The predicted octanol–water partition coefficient (Wildman–Crippen LogP) is 1.50. The van der Waals surface area contributed by atoms with E-state index in [1.807, 2.05) is 42.8 Å². The number of thiol groups is 1. The first-order valence-electron chi connectivity index (χ1n) is 12.8. The van der Waals surface area contributed by atoms with Gasteiger partial charge in [0, 0.05) is 29.3 Å². The zero-order valence-electron chi connectivity index (χ0n) is 22.1. The molecule has 1 aromatic heterocycles. The summed E-state index contributed by atoms with van der Waals surface area (Å²) in [5, 5.41) is 18.4. The standard InChI is InChI=1S/C28H35N5O5S2/c1-40-12-11-22(31-25(34)20(29)14-18-15-30-21-10-6-5-9-19(18)21)26(35)33-24(16-39)27(36)32-23(28(37)38)13-17-7-3-2-4-8-17/h2-10,15,20,22-24,30,39H,11-14,16,29H2,1H3,(H,31,34)(H,32,36)(H,33,35)(H,37,38). The second-order valence-corrected chi connectivity index (χ2v) is 10.7. The predicted molar refractivity (Wildman–Crippen MR) is 160 cm³/mol. The molecule has 4 atom stereocenters. The van der Waals surface area contributed by atoms with E-state index in [-0.39, 0.29) is 18.6 Å². The first-order valence-corrected chi connectivity index (χ1v) is 14.8. The number of aromatic amines is 1. The highest BCUT2D eigenvalue weighted by Gasteiger charge is 2.30. The van der Waals surface area contributed by atoms with Crippen LogP contribution in [0, 0.1) is 0 Å². The highest BCUT2D eigenvalue weighted by atomic mass is 32.2. The van der Waals surface area contributed by atoms with E-state index in [1.54, 1.807) is 24.3 Å². The highest BCUT2D eigenvalue weighted by molar-refractivity contribution is 7.98. The Labute approximate surface area is 242 Å². The highest BCUT2D eigenvalue weighted by Crippen LogP contribution is 2.19. The van der Waals surface area contributed by atoms with Crippen LogP contribution in [0.2, 0.25) is 0 Å². The second kappa shape index (κ2) is 15.3. The Hall–Kier alpha value is -3.48. The van der Waals surface area contributed by atoms with Crippen molar-refractivity contribution >= 4 is 59.0 Å². The molecule has 1 heterocycles. The van der Waals surface area contributed by atoms with Gasteiger partial charge in [-0.25, -0.2) is 4.79 Å². The number of rotatable bonds is 15. The molecule has 3 amide bonds. The van der Waals surface area contributed by atoms with Gasteiger partial charge in [-0.2, -0.15) is 24.4 Å². The lowest BCUT2D eigenvalue weighted by molar-refractivity contribution is -0.142. The fourth-order valence-corrected chi connectivity index (χ4v) is 4.93. The molecular formula is C28H35N5O5S2. The normalized spacial score (nSPS) is 14.1. The van der Waals surface area contributed by atoms with Crippen molar-refractivity contribution in [3.8, 4) is 0 Å². The summed E-state index contributed by atoms with van der Waals surface area (Å²) in [6.07, 6.45) is 4.35. The average Bonchev–Trinajstić information content (AvgIpc) is 3.36. The Bertz CT molecular complexity index is 1300. The summed E-state index contributed by atoms with van der Waals surface area (Å²) in [5.74, 6) is -2.45. The molecule has 0 radical (unpaired) electrons. The maximum atomic E-state index is 13.2. The van der Waals surface area contributed by atoms with Gasteiger partial charge in [-0.3, -0.25) is 14.4 Å². The van der Waals surface area contributed by atoms with Gasteiger partial charge in [-0.05, 0) is 42.0 Å². The number of hydrogen-bond acceptors (Lipinski definition) is 7. The van der Waals surface area contributed by atoms with E-state index in [4.69, 9.17) is 5.73 Å². The lowest BCUT2D eigenvalue weighted by Crippen LogP contribution is -2.58.